The summed E-state index contributed by atoms with van der Waals surface area (Å²) in [6.45, 7) is 4.85. The van der Waals surface area contributed by atoms with Gasteiger partial charge in [0.2, 0.25) is 5.91 Å². The van der Waals surface area contributed by atoms with E-state index >= 15 is 0 Å². The highest BCUT2D eigenvalue weighted by Crippen LogP contribution is 2.25. The van der Waals surface area contributed by atoms with Gasteiger partial charge in [0.1, 0.15) is 6.61 Å². The normalized spacial score (nSPS) is 14.1. The number of hydrogen-bond donors (Lipinski definition) is 3. The molecule has 10 heteroatoms. The highest BCUT2D eigenvalue weighted by Gasteiger charge is 2.21. The van der Waals surface area contributed by atoms with E-state index in [1.165, 1.54) is 11.3 Å². The molecule has 1 saturated heterocycles. The van der Waals surface area contributed by atoms with Crippen molar-refractivity contribution in [2.75, 3.05) is 38.1 Å². The molecular formula is C28H30ClN5O3S. The van der Waals surface area contributed by atoms with Gasteiger partial charge in [-0.1, -0.05) is 36.4 Å². The van der Waals surface area contributed by atoms with E-state index in [1.54, 1.807) is 4.90 Å². The number of benzene rings is 2. The van der Waals surface area contributed by atoms with E-state index in [4.69, 9.17) is 5.11 Å². The van der Waals surface area contributed by atoms with Crippen LogP contribution in [-0.4, -0.2) is 69.7 Å². The second kappa shape index (κ2) is 12.4. The van der Waals surface area contributed by atoms with Gasteiger partial charge >= 0.3 is 0 Å². The van der Waals surface area contributed by atoms with Gasteiger partial charge in [-0.05, 0) is 53.3 Å². The van der Waals surface area contributed by atoms with Crippen LogP contribution in [0.25, 0.3) is 23.1 Å². The molecule has 1 aliphatic heterocycles. The third-order valence-corrected chi connectivity index (χ3v) is 7.64. The average molecular weight is 552 g/mol. The Morgan fingerprint density at radius 2 is 1.89 bits per heavy atom. The fourth-order valence-corrected chi connectivity index (χ4v) is 5.35. The highest BCUT2D eigenvalue weighted by atomic mass is 35.5. The molecule has 0 bridgehead atoms. The molecule has 8 nitrogen and oxygen atoms in total. The lowest BCUT2D eigenvalue weighted by atomic mass is 10.1. The van der Waals surface area contributed by atoms with Gasteiger partial charge in [-0.15, -0.1) is 23.7 Å². The Labute approximate surface area is 231 Å². The van der Waals surface area contributed by atoms with Crippen molar-refractivity contribution in [2.24, 2.45) is 0 Å². The van der Waals surface area contributed by atoms with Crippen LogP contribution in [0.15, 0.2) is 53.9 Å². The van der Waals surface area contributed by atoms with Crippen LogP contribution in [0.1, 0.15) is 32.1 Å². The van der Waals surface area contributed by atoms with Crippen molar-refractivity contribution < 1.29 is 14.7 Å². The molecule has 0 unspecified atom stereocenters. The number of nitrogens with zero attached hydrogens (tertiary/aromatic N) is 3. The monoisotopic (exact) mass is 551 g/mol. The maximum atomic E-state index is 13.1. The first-order valence-electron chi connectivity index (χ1n) is 12.2. The fourth-order valence-electron chi connectivity index (χ4n) is 4.53. The van der Waals surface area contributed by atoms with E-state index in [0.717, 1.165) is 52.1 Å². The number of H-pyrrole nitrogens is 1. The smallest absolute Gasteiger partial charge is 0.266 e. The van der Waals surface area contributed by atoms with Crippen LogP contribution in [0.2, 0.25) is 0 Å². The van der Waals surface area contributed by atoms with Crippen LogP contribution in [0.4, 0.5) is 5.69 Å². The van der Waals surface area contributed by atoms with Gasteiger partial charge in [-0.2, -0.15) is 5.10 Å². The summed E-state index contributed by atoms with van der Waals surface area (Å²) in [5, 5.41) is 22.7. The minimum Gasteiger partial charge on any atom is -0.387 e. The number of rotatable bonds is 7. The summed E-state index contributed by atoms with van der Waals surface area (Å²) >= 11 is 1.43. The summed E-state index contributed by atoms with van der Waals surface area (Å²) in [4.78, 5) is 29.5. The summed E-state index contributed by atoms with van der Waals surface area (Å²) < 4.78 is 0. The van der Waals surface area contributed by atoms with Crippen LogP contribution in [-0.2, 0) is 11.3 Å². The molecule has 198 valence electrons. The molecule has 1 aliphatic rings. The number of nitrogens with one attached hydrogen (secondary N) is 2. The minimum atomic E-state index is -0.449. The first kappa shape index (κ1) is 27.5. The Bertz CT molecular complexity index is 1460. The summed E-state index contributed by atoms with van der Waals surface area (Å²) in [7, 11) is 0. The number of halogens is 1. The van der Waals surface area contributed by atoms with E-state index in [9.17, 15) is 9.59 Å². The number of anilines is 1. The van der Waals surface area contributed by atoms with E-state index in [2.05, 4.69) is 26.5 Å². The first-order valence-corrected chi connectivity index (χ1v) is 13.1. The number of piperazine rings is 1. The number of amides is 2. The Hall–Kier alpha value is -3.50. The van der Waals surface area contributed by atoms with Gasteiger partial charge in [-0.3, -0.25) is 19.6 Å². The molecule has 2 aromatic heterocycles. The van der Waals surface area contributed by atoms with Crippen molar-refractivity contribution in [1.29, 1.82) is 0 Å². The Morgan fingerprint density at radius 1 is 1.11 bits per heavy atom. The fraction of sp³-hybridized carbons (Fsp3) is 0.250. The van der Waals surface area contributed by atoms with E-state index in [-0.39, 0.29) is 24.2 Å². The molecule has 2 aromatic carbocycles. The number of carbonyl (C=O) groups excluding carboxylic acids is 2. The van der Waals surface area contributed by atoms with Gasteiger partial charge in [0.05, 0.1) is 16.1 Å². The summed E-state index contributed by atoms with van der Waals surface area (Å²) in [5.41, 5.74) is 5.45. The third kappa shape index (κ3) is 6.14. The number of aromatic nitrogens is 2. The third-order valence-electron chi connectivity index (χ3n) is 6.62. The number of para-hydroxylation sites is 1. The molecule has 1 fully saturated rings. The van der Waals surface area contributed by atoms with Crippen LogP contribution in [0.5, 0.6) is 0 Å². The lowest BCUT2D eigenvalue weighted by Crippen LogP contribution is -2.49. The second-order valence-corrected chi connectivity index (χ2v) is 10.0. The van der Waals surface area contributed by atoms with Gasteiger partial charge < -0.3 is 15.3 Å². The molecule has 5 rings (SSSR count). The van der Waals surface area contributed by atoms with Gasteiger partial charge in [-0.25, -0.2) is 0 Å². The van der Waals surface area contributed by atoms with Crippen molar-refractivity contribution in [3.05, 3.63) is 81.2 Å². The Kier molecular flexibility index (Phi) is 8.96. The number of aliphatic hydroxyl groups is 1. The number of aliphatic hydroxyl groups excluding tert-OH is 1. The van der Waals surface area contributed by atoms with Gasteiger partial charge in [0.15, 0.2) is 0 Å². The molecule has 38 heavy (non-hydrogen) atoms. The number of thiophene rings is 1. The zero-order valence-corrected chi connectivity index (χ0v) is 22.6. The molecule has 4 aromatic rings. The Balaban J connectivity index is 0.00000336. The summed E-state index contributed by atoms with van der Waals surface area (Å²) in [5.74, 6) is -0.352. The zero-order valence-electron chi connectivity index (χ0n) is 21.0. The first-order chi connectivity index (χ1) is 18.0. The molecule has 0 radical (unpaired) electrons. The van der Waals surface area contributed by atoms with Crippen LogP contribution < -0.4 is 5.32 Å². The second-order valence-electron chi connectivity index (χ2n) is 9.11. The van der Waals surface area contributed by atoms with Gasteiger partial charge in [0.25, 0.3) is 5.91 Å². The SMILES string of the molecule is Cc1ccsc1C(=O)Nc1cc(CN2CCN(C(=O)CO)CC2)ccc1/C=C/c1n[nH]c2ccccc12.Cl. The van der Waals surface area contributed by atoms with E-state index in [0.29, 0.717) is 24.5 Å². The number of fused-ring (bicyclic) bond motifs is 1. The molecule has 0 atom stereocenters. The van der Waals surface area contributed by atoms with Crippen LogP contribution in [0, 0.1) is 6.92 Å². The summed E-state index contributed by atoms with van der Waals surface area (Å²) in [6, 6.07) is 16.0. The predicted octanol–water partition coefficient (Wildman–Crippen LogP) is 4.41. The number of aryl methyl sites for hydroxylation is 1. The standard InChI is InChI=1S/C28H29N5O3S.ClH/c1-19-10-15-37-27(19)28(36)29-25-16-20(17-32-11-13-33(14-12-32)26(35)18-34)6-7-21(25)8-9-24-22-4-2-3-5-23(22)30-31-24;/h2-10,15-16,34H,11-14,17-18H2,1H3,(H,29,36)(H,30,31);1H/b9-8+;. The maximum absolute atomic E-state index is 13.1. The van der Waals surface area contributed by atoms with E-state index in [1.807, 2.05) is 66.9 Å². The molecule has 2 amide bonds. The van der Waals surface area contributed by atoms with Crippen molar-refractivity contribution in [3.8, 4) is 0 Å². The van der Waals surface area contributed by atoms with Crippen LogP contribution >= 0.6 is 23.7 Å². The van der Waals surface area contributed by atoms with Crippen molar-refractivity contribution in [1.82, 2.24) is 20.0 Å². The van der Waals surface area contributed by atoms with Gasteiger partial charge in [0, 0.05) is 43.8 Å². The minimum absolute atomic E-state index is 0. The number of carbonyl (C=O) groups is 2. The molecule has 3 N–H and O–H groups in total. The Morgan fingerprint density at radius 3 is 2.63 bits per heavy atom. The van der Waals surface area contributed by atoms with E-state index < -0.39 is 6.61 Å². The number of aromatic amines is 1. The topological polar surface area (TPSA) is 102 Å². The summed E-state index contributed by atoms with van der Waals surface area (Å²) in [6.07, 6.45) is 3.93. The molecule has 0 saturated carbocycles. The maximum Gasteiger partial charge on any atom is 0.266 e. The highest BCUT2D eigenvalue weighted by molar-refractivity contribution is 7.12. The molecule has 0 spiro atoms. The lowest BCUT2D eigenvalue weighted by molar-refractivity contribution is -0.135. The zero-order chi connectivity index (χ0) is 25.8. The molecule has 0 aliphatic carbocycles. The number of hydrogen-bond acceptors (Lipinski definition) is 6. The molecular weight excluding hydrogens is 522 g/mol. The van der Waals surface area contributed by atoms with Crippen LogP contribution in [0.3, 0.4) is 0 Å². The quantitative estimate of drug-likeness (QED) is 0.316. The largest absolute Gasteiger partial charge is 0.387 e. The average Bonchev–Trinajstić information content (AvgIpc) is 3.54. The molecule has 3 heterocycles. The lowest BCUT2D eigenvalue weighted by Gasteiger charge is -2.34. The van der Waals surface area contributed by atoms with Crippen molar-refractivity contribution in [3.63, 3.8) is 0 Å². The van der Waals surface area contributed by atoms with Crippen molar-refractivity contribution in [2.45, 2.75) is 13.5 Å². The van der Waals surface area contributed by atoms with Crippen molar-refractivity contribution >= 4 is 64.3 Å². The predicted molar refractivity (Wildman–Crippen MR) is 155 cm³/mol.